The molecule has 0 saturated carbocycles. The van der Waals surface area contributed by atoms with E-state index in [1.54, 1.807) is 0 Å². The van der Waals surface area contributed by atoms with Gasteiger partial charge in [0.2, 0.25) is 0 Å². The highest BCUT2D eigenvalue weighted by molar-refractivity contribution is 7.80. The number of hydrogen-bond acceptors (Lipinski definition) is 2. The second kappa shape index (κ2) is 7.91. The van der Waals surface area contributed by atoms with E-state index in [9.17, 15) is 0 Å². The van der Waals surface area contributed by atoms with Gasteiger partial charge in [0.1, 0.15) is 0 Å². The van der Waals surface area contributed by atoms with Gasteiger partial charge in [0.25, 0.3) is 0 Å². The Bertz CT molecular complexity index is 512. The average Bonchev–Trinajstić information content (AvgIpc) is 2.49. The van der Waals surface area contributed by atoms with Gasteiger partial charge in [-0.1, -0.05) is 79.8 Å². The van der Waals surface area contributed by atoms with Crippen molar-refractivity contribution in [1.29, 1.82) is 0 Å². The Morgan fingerprint density at radius 3 is 1.76 bits per heavy atom. The number of rotatable bonds is 7. The van der Waals surface area contributed by atoms with E-state index in [0.29, 0.717) is 4.99 Å². The smallest absolute Gasteiger partial charge is 0.0768 e. The molecule has 2 aromatic carbocycles. The van der Waals surface area contributed by atoms with Crippen molar-refractivity contribution in [2.75, 3.05) is 6.54 Å². The molecule has 0 amide bonds. The van der Waals surface area contributed by atoms with Gasteiger partial charge in [0.15, 0.2) is 0 Å². The number of benzene rings is 2. The van der Waals surface area contributed by atoms with Crippen molar-refractivity contribution in [2.45, 2.75) is 20.0 Å². The predicted octanol–water partition coefficient (Wildman–Crippen LogP) is 3.61. The van der Waals surface area contributed by atoms with Crippen molar-refractivity contribution in [3.8, 4) is 0 Å². The standard InChI is InChI=1S/C18H22N2S/c1-15(18(19)21)12-20(13-16-8-4-2-5-9-16)14-17-10-6-3-7-11-17/h2-11,15H,12-14H2,1H3,(H2,19,21). The Morgan fingerprint density at radius 2 is 1.38 bits per heavy atom. The maximum Gasteiger partial charge on any atom is 0.0768 e. The summed E-state index contributed by atoms with van der Waals surface area (Å²) in [5, 5.41) is 0. The Kier molecular flexibility index (Phi) is 5.90. The second-order valence-corrected chi connectivity index (χ2v) is 5.92. The largest absolute Gasteiger partial charge is 0.393 e. The number of thiocarbonyl (C=S) groups is 1. The highest BCUT2D eigenvalue weighted by Crippen LogP contribution is 2.12. The van der Waals surface area contributed by atoms with Crippen LogP contribution in [0.2, 0.25) is 0 Å². The fourth-order valence-corrected chi connectivity index (χ4v) is 2.42. The third kappa shape index (κ3) is 5.29. The molecular formula is C18H22N2S. The zero-order valence-electron chi connectivity index (χ0n) is 12.4. The van der Waals surface area contributed by atoms with Crippen LogP contribution < -0.4 is 5.73 Å². The van der Waals surface area contributed by atoms with Gasteiger partial charge in [-0.3, -0.25) is 4.90 Å². The second-order valence-electron chi connectivity index (χ2n) is 5.44. The zero-order chi connectivity index (χ0) is 15.1. The summed E-state index contributed by atoms with van der Waals surface area (Å²) < 4.78 is 0. The van der Waals surface area contributed by atoms with Gasteiger partial charge in [-0.25, -0.2) is 0 Å². The van der Waals surface area contributed by atoms with E-state index in [1.807, 2.05) is 12.1 Å². The maximum absolute atomic E-state index is 5.78. The van der Waals surface area contributed by atoms with Crippen LogP contribution in [0, 0.1) is 5.92 Å². The highest BCUT2D eigenvalue weighted by atomic mass is 32.1. The normalized spacial score (nSPS) is 12.3. The fraction of sp³-hybridized carbons (Fsp3) is 0.278. The first kappa shape index (κ1) is 15.7. The van der Waals surface area contributed by atoms with Crippen LogP contribution in [0.25, 0.3) is 0 Å². The SMILES string of the molecule is CC(CN(Cc1ccccc1)Cc1ccccc1)C(N)=S. The number of nitrogens with two attached hydrogens (primary N) is 1. The van der Waals surface area contributed by atoms with Gasteiger partial charge in [0, 0.05) is 25.6 Å². The minimum atomic E-state index is 0.215. The van der Waals surface area contributed by atoms with E-state index in [-0.39, 0.29) is 5.92 Å². The Morgan fingerprint density at radius 1 is 0.952 bits per heavy atom. The molecule has 3 heteroatoms. The molecule has 2 aromatic rings. The van der Waals surface area contributed by atoms with Crippen molar-refractivity contribution in [3.63, 3.8) is 0 Å². The lowest BCUT2D eigenvalue weighted by Crippen LogP contribution is -2.33. The molecule has 0 bridgehead atoms. The molecule has 2 nitrogen and oxygen atoms in total. The molecule has 0 radical (unpaired) electrons. The minimum absolute atomic E-state index is 0.215. The van der Waals surface area contributed by atoms with Crippen LogP contribution >= 0.6 is 12.2 Å². The monoisotopic (exact) mass is 298 g/mol. The van der Waals surface area contributed by atoms with Crippen molar-refractivity contribution < 1.29 is 0 Å². The summed E-state index contributed by atoms with van der Waals surface area (Å²) in [4.78, 5) is 2.98. The molecule has 21 heavy (non-hydrogen) atoms. The van der Waals surface area contributed by atoms with E-state index in [1.165, 1.54) is 11.1 Å². The van der Waals surface area contributed by atoms with Crippen molar-refractivity contribution >= 4 is 17.2 Å². The van der Waals surface area contributed by atoms with E-state index < -0.39 is 0 Å². The van der Waals surface area contributed by atoms with Gasteiger partial charge in [-0.2, -0.15) is 0 Å². The van der Waals surface area contributed by atoms with Crippen LogP contribution in [0.3, 0.4) is 0 Å². The quantitative estimate of drug-likeness (QED) is 0.792. The molecule has 0 heterocycles. The molecule has 0 aliphatic rings. The third-order valence-corrected chi connectivity index (χ3v) is 3.92. The van der Waals surface area contributed by atoms with Gasteiger partial charge in [-0.05, 0) is 11.1 Å². The Hall–Kier alpha value is -1.71. The average molecular weight is 298 g/mol. The first-order valence-corrected chi connectivity index (χ1v) is 7.65. The summed E-state index contributed by atoms with van der Waals surface area (Å²) in [5.41, 5.74) is 8.39. The van der Waals surface area contributed by atoms with E-state index in [0.717, 1.165) is 19.6 Å². The third-order valence-electron chi connectivity index (χ3n) is 3.52. The fourth-order valence-electron chi connectivity index (χ4n) is 2.35. The summed E-state index contributed by atoms with van der Waals surface area (Å²) in [6, 6.07) is 21.0. The summed E-state index contributed by atoms with van der Waals surface area (Å²) in [6.45, 7) is 4.77. The summed E-state index contributed by atoms with van der Waals surface area (Å²) in [7, 11) is 0. The maximum atomic E-state index is 5.78. The molecule has 0 saturated heterocycles. The van der Waals surface area contributed by atoms with Gasteiger partial charge < -0.3 is 5.73 Å². The molecule has 2 rings (SSSR count). The molecule has 0 aliphatic carbocycles. The highest BCUT2D eigenvalue weighted by Gasteiger charge is 2.13. The van der Waals surface area contributed by atoms with E-state index >= 15 is 0 Å². The molecule has 1 unspecified atom stereocenters. The van der Waals surface area contributed by atoms with E-state index in [2.05, 4.69) is 60.4 Å². The van der Waals surface area contributed by atoms with E-state index in [4.69, 9.17) is 18.0 Å². The molecule has 0 aromatic heterocycles. The van der Waals surface area contributed by atoms with Crippen molar-refractivity contribution in [3.05, 3.63) is 71.8 Å². The van der Waals surface area contributed by atoms with Gasteiger partial charge in [0.05, 0.1) is 4.99 Å². The summed E-state index contributed by atoms with van der Waals surface area (Å²) in [5.74, 6) is 0.215. The van der Waals surface area contributed by atoms with Crippen molar-refractivity contribution in [1.82, 2.24) is 4.90 Å². The van der Waals surface area contributed by atoms with Crippen LogP contribution in [-0.2, 0) is 13.1 Å². The van der Waals surface area contributed by atoms with Gasteiger partial charge >= 0.3 is 0 Å². The predicted molar refractivity (Wildman–Crippen MR) is 92.9 cm³/mol. The molecular weight excluding hydrogens is 276 g/mol. The molecule has 0 fully saturated rings. The Balaban J connectivity index is 2.08. The van der Waals surface area contributed by atoms with Crippen LogP contribution in [0.5, 0.6) is 0 Å². The summed E-state index contributed by atoms with van der Waals surface area (Å²) >= 11 is 5.12. The van der Waals surface area contributed by atoms with Crippen LogP contribution in [0.15, 0.2) is 60.7 Å². The first-order valence-electron chi connectivity index (χ1n) is 7.24. The van der Waals surface area contributed by atoms with Crippen LogP contribution in [0.4, 0.5) is 0 Å². The van der Waals surface area contributed by atoms with Crippen LogP contribution in [0.1, 0.15) is 18.1 Å². The minimum Gasteiger partial charge on any atom is -0.393 e. The number of nitrogens with zero attached hydrogens (tertiary/aromatic N) is 1. The molecule has 1 atom stereocenters. The lowest BCUT2D eigenvalue weighted by Gasteiger charge is -2.25. The molecule has 2 N–H and O–H groups in total. The van der Waals surface area contributed by atoms with Gasteiger partial charge in [-0.15, -0.1) is 0 Å². The Labute approximate surface area is 132 Å². The molecule has 0 spiro atoms. The number of hydrogen-bond donors (Lipinski definition) is 1. The molecule has 0 aliphatic heterocycles. The lowest BCUT2D eigenvalue weighted by molar-refractivity contribution is 0.242. The molecule has 110 valence electrons. The first-order chi connectivity index (χ1) is 10.1. The van der Waals surface area contributed by atoms with Crippen LogP contribution in [-0.4, -0.2) is 16.4 Å². The zero-order valence-corrected chi connectivity index (χ0v) is 13.2. The summed E-state index contributed by atoms with van der Waals surface area (Å²) in [6.07, 6.45) is 0. The topological polar surface area (TPSA) is 29.3 Å². The lowest BCUT2D eigenvalue weighted by atomic mass is 10.1. The van der Waals surface area contributed by atoms with Crippen molar-refractivity contribution in [2.24, 2.45) is 11.7 Å².